The van der Waals surface area contributed by atoms with Gasteiger partial charge in [0.25, 0.3) is 0 Å². The molecule has 0 saturated carbocycles. The number of hydrogen-bond donors (Lipinski definition) is 1. The highest BCUT2D eigenvalue weighted by atomic mass is 19.1. The number of carbonyl (C=O) groups is 2. The van der Waals surface area contributed by atoms with Crippen LogP contribution in [0.5, 0.6) is 0 Å². The van der Waals surface area contributed by atoms with Crippen LogP contribution in [0.2, 0.25) is 0 Å². The first-order chi connectivity index (χ1) is 9.99. The molecular formula is C16H20FNO3. The molecule has 0 aromatic heterocycles. The predicted molar refractivity (Wildman–Crippen MR) is 76.3 cm³/mol. The van der Waals surface area contributed by atoms with Gasteiger partial charge >= 0.3 is 5.97 Å². The highest BCUT2D eigenvalue weighted by Crippen LogP contribution is 2.22. The van der Waals surface area contributed by atoms with Gasteiger partial charge in [0.15, 0.2) is 0 Å². The largest absolute Gasteiger partial charge is 0.480 e. The Kier molecular flexibility index (Phi) is 4.94. The molecule has 4 nitrogen and oxygen atoms in total. The smallest absolute Gasteiger partial charge is 0.326 e. The fourth-order valence-electron chi connectivity index (χ4n) is 2.77. The number of nitrogens with zero attached hydrogens (tertiary/aromatic N) is 1. The van der Waals surface area contributed by atoms with Gasteiger partial charge in [0.2, 0.25) is 5.91 Å². The Bertz CT molecular complexity index is 532. The average Bonchev–Trinajstić information content (AvgIpc) is 2.93. The highest BCUT2D eigenvalue weighted by molar-refractivity contribution is 5.85. The van der Waals surface area contributed by atoms with Crippen LogP contribution in [0.1, 0.15) is 31.7 Å². The molecule has 0 aliphatic carbocycles. The van der Waals surface area contributed by atoms with Crippen LogP contribution in [0.25, 0.3) is 0 Å². The van der Waals surface area contributed by atoms with Crippen LogP contribution in [0.15, 0.2) is 24.3 Å². The molecule has 1 amide bonds. The molecule has 21 heavy (non-hydrogen) atoms. The number of amides is 1. The maximum atomic E-state index is 13.1. The Morgan fingerprint density at radius 1 is 1.48 bits per heavy atom. The number of hydrogen-bond acceptors (Lipinski definition) is 2. The number of carboxylic acid groups (broad SMARTS) is 1. The van der Waals surface area contributed by atoms with Crippen LogP contribution in [0.3, 0.4) is 0 Å². The summed E-state index contributed by atoms with van der Waals surface area (Å²) in [6, 6.07) is 5.65. The van der Waals surface area contributed by atoms with E-state index in [9.17, 15) is 14.0 Å². The fraction of sp³-hybridized carbons (Fsp3) is 0.500. The molecule has 2 atom stereocenters. The molecule has 0 spiro atoms. The molecule has 1 fully saturated rings. The van der Waals surface area contributed by atoms with E-state index >= 15 is 0 Å². The SMILES string of the molecule is C[C@@H](CCc1cccc(F)c1)C(=O)N1CCC[C@H]1C(=O)O. The van der Waals surface area contributed by atoms with Crippen molar-refractivity contribution < 1.29 is 19.1 Å². The number of aryl methyl sites for hydroxylation is 1. The van der Waals surface area contributed by atoms with E-state index in [1.807, 2.05) is 6.07 Å². The molecule has 1 aliphatic rings. The molecule has 0 unspecified atom stereocenters. The van der Waals surface area contributed by atoms with E-state index in [2.05, 4.69) is 0 Å². The number of rotatable bonds is 5. The number of aliphatic carboxylic acids is 1. The molecule has 5 heteroatoms. The van der Waals surface area contributed by atoms with E-state index in [0.717, 1.165) is 12.0 Å². The number of halogens is 1. The van der Waals surface area contributed by atoms with Crippen molar-refractivity contribution in [1.82, 2.24) is 4.90 Å². The lowest BCUT2D eigenvalue weighted by Gasteiger charge is -2.24. The van der Waals surface area contributed by atoms with Gasteiger partial charge in [-0.3, -0.25) is 4.79 Å². The molecule has 1 saturated heterocycles. The number of likely N-dealkylation sites (tertiary alicyclic amines) is 1. The Labute approximate surface area is 123 Å². The predicted octanol–water partition coefficient (Wildman–Crippen LogP) is 2.47. The van der Waals surface area contributed by atoms with Crippen LogP contribution in [-0.4, -0.2) is 34.5 Å². The average molecular weight is 293 g/mol. The van der Waals surface area contributed by atoms with Crippen molar-refractivity contribution >= 4 is 11.9 Å². The lowest BCUT2D eigenvalue weighted by molar-refractivity contribution is -0.149. The van der Waals surface area contributed by atoms with Gasteiger partial charge in [-0.05, 0) is 43.4 Å². The van der Waals surface area contributed by atoms with Crippen molar-refractivity contribution in [1.29, 1.82) is 0 Å². The lowest BCUT2D eigenvalue weighted by atomic mass is 9.99. The van der Waals surface area contributed by atoms with Gasteiger partial charge in [0.05, 0.1) is 0 Å². The van der Waals surface area contributed by atoms with Gasteiger partial charge in [0, 0.05) is 12.5 Å². The summed E-state index contributed by atoms with van der Waals surface area (Å²) in [5.41, 5.74) is 0.853. The minimum Gasteiger partial charge on any atom is -0.480 e. The fourth-order valence-corrected chi connectivity index (χ4v) is 2.77. The molecule has 1 aliphatic heterocycles. The summed E-state index contributed by atoms with van der Waals surface area (Å²) in [5.74, 6) is -1.58. The van der Waals surface area contributed by atoms with Gasteiger partial charge in [-0.25, -0.2) is 9.18 Å². The zero-order valence-electron chi connectivity index (χ0n) is 12.1. The first-order valence-corrected chi connectivity index (χ1v) is 7.26. The molecule has 1 aromatic carbocycles. The number of carboxylic acids is 1. The summed E-state index contributed by atoms with van der Waals surface area (Å²) in [5, 5.41) is 9.12. The molecule has 114 valence electrons. The zero-order valence-corrected chi connectivity index (χ0v) is 12.1. The summed E-state index contributed by atoms with van der Waals surface area (Å²) in [6.07, 6.45) is 2.46. The maximum absolute atomic E-state index is 13.1. The monoisotopic (exact) mass is 293 g/mol. The quantitative estimate of drug-likeness (QED) is 0.907. The molecule has 2 rings (SSSR count). The van der Waals surface area contributed by atoms with E-state index in [1.165, 1.54) is 17.0 Å². The van der Waals surface area contributed by atoms with E-state index in [4.69, 9.17) is 5.11 Å². The first-order valence-electron chi connectivity index (χ1n) is 7.26. The van der Waals surface area contributed by atoms with Crippen molar-refractivity contribution in [3.63, 3.8) is 0 Å². The second-order valence-electron chi connectivity index (χ2n) is 5.60. The summed E-state index contributed by atoms with van der Waals surface area (Å²) in [7, 11) is 0. The van der Waals surface area contributed by atoms with Crippen LogP contribution in [0, 0.1) is 11.7 Å². The second kappa shape index (κ2) is 6.70. The van der Waals surface area contributed by atoms with Crippen molar-refractivity contribution in [2.45, 2.75) is 38.6 Å². The third kappa shape index (κ3) is 3.80. The Morgan fingerprint density at radius 3 is 2.90 bits per heavy atom. The van der Waals surface area contributed by atoms with Crippen LogP contribution < -0.4 is 0 Å². The summed E-state index contributed by atoms with van der Waals surface area (Å²) in [6.45, 7) is 2.32. The third-order valence-electron chi connectivity index (χ3n) is 4.00. The zero-order chi connectivity index (χ0) is 15.4. The van der Waals surface area contributed by atoms with Gasteiger partial charge in [-0.1, -0.05) is 19.1 Å². The highest BCUT2D eigenvalue weighted by Gasteiger charge is 2.35. The van der Waals surface area contributed by atoms with Crippen molar-refractivity contribution in [3.8, 4) is 0 Å². The molecule has 1 heterocycles. The van der Waals surface area contributed by atoms with Gasteiger partial charge in [0.1, 0.15) is 11.9 Å². The molecule has 1 N–H and O–H groups in total. The van der Waals surface area contributed by atoms with Gasteiger partial charge in [-0.2, -0.15) is 0 Å². The number of carbonyl (C=O) groups excluding carboxylic acids is 1. The topological polar surface area (TPSA) is 57.6 Å². The van der Waals surface area contributed by atoms with E-state index < -0.39 is 12.0 Å². The summed E-state index contributed by atoms with van der Waals surface area (Å²) >= 11 is 0. The normalized spacial score (nSPS) is 19.5. The van der Waals surface area contributed by atoms with Gasteiger partial charge in [-0.15, -0.1) is 0 Å². The van der Waals surface area contributed by atoms with Crippen molar-refractivity contribution in [2.24, 2.45) is 5.92 Å². The lowest BCUT2D eigenvalue weighted by Crippen LogP contribution is -2.43. The Morgan fingerprint density at radius 2 is 2.24 bits per heavy atom. The van der Waals surface area contributed by atoms with Crippen molar-refractivity contribution in [3.05, 3.63) is 35.6 Å². The van der Waals surface area contributed by atoms with Crippen LogP contribution in [-0.2, 0) is 16.0 Å². The van der Waals surface area contributed by atoms with E-state index in [0.29, 0.717) is 25.8 Å². The minimum atomic E-state index is -0.932. The second-order valence-corrected chi connectivity index (χ2v) is 5.60. The Balaban J connectivity index is 1.92. The molecule has 0 bridgehead atoms. The van der Waals surface area contributed by atoms with E-state index in [-0.39, 0.29) is 17.6 Å². The van der Waals surface area contributed by atoms with E-state index in [1.54, 1.807) is 13.0 Å². The summed E-state index contributed by atoms with van der Waals surface area (Å²) < 4.78 is 13.1. The Hall–Kier alpha value is -1.91. The van der Waals surface area contributed by atoms with Gasteiger partial charge < -0.3 is 10.0 Å². The standard InChI is InChI=1S/C16H20FNO3/c1-11(7-8-12-4-2-5-13(17)10-12)15(19)18-9-3-6-14(18)16(20)21/h2,4-5,10-11,14H,3,6-9H2,1H3,(H,20,21)/t11-,14-/m0/s1. The molecule has 1 aromatic rings. The minimum absolute atomic E-state index is 0.115. The first kappa shape index (κ1) is 15.5. The number of benzene rings is 1. The molecule has 0 radical (unpaired) electrons. The maximum Gasteiger partial charge on any atom is 0.326 e. The van der Waals surface area contributed by atoms with Crippen LogP contribution >= 0.6 is 0 Å². The van der Waals surface area contributed by atoms with Crippen molar-refractivity contribution in [2.75, 3.05) is 6.54 Å². The molecular weight excluding hydrogens is 273 g/mol. The third-order valence-corrected chi connectivity index (χ3v) is 4.00. The summed E-state index contributed by atoms with van der Waals surface area (Å²) in [4.78, 5) is 24.9. The van der Waals surface area contributed by atoms with Crippen LogP contribution in [0.4, 0.5) is 4.39 Å².